The number of nitrogens with one attached hydrogen (secondary N) is 1. The number of halogens is 6. The van der Waals surface area contributed by atoms with Crippen LogP contribution < -0.4 is 10.5 Å². The van der Waals surface area contributed by atoms with Crippen LogP contribution in [0.2, 0.25) is 0 Å². The predicted octanol–water partition coefficient (Wildman–Crippen LogP) is 4.52. The predicted molar refractivity (Wildman–Crippen MR) is 143 cm³/mol. The third-order valence-corrected chi connectivity index (χ3v) is 5.37. The maximum Gasteiger partial charge on any atom is 0.490 e. The van der Waals surface area contributed by atoms with E-state index in [0.717, 1.165) is 29.4 Å². The van der Waals surface area contributed by atoms with Crippen molar-refractivity contribution in [1.82, 2.24) is 9.88 Å². The summed E-state index contributed by atoms with van der Waals surface area (Å²) < 4.78 is 74.4. The summed E-state index contributed by atoms with van der Waals surface area (Å²) in [6.45, 7) is 1.82. The maximum atomic E-state index is 12.2. The smallest absolute Gasteiger partial charge is 0.490 e. The molecule has 3 aromatic rings. The first kappa shape index (κ1) is 34.8. The number of aromatic nitrogens is 1. The Hall–Kier alpha value is -5.35. The molecule has 11 nitrogen and oxygen atoms in total. The van der Waals surface area contributed by atoms with E-state index in [0.29, 0.717) is 23.0 Å². The van der Waals surface area contributed by atoms with Crippen molar-refractivity contribution in [3.05, 3.63) is 78.0 Å². The second-order valence-electron chi connectivity index (χ2n) is 8.47. The Kier molecular flexibility index (Phi) is 12.1. The number of anilines is 1. The molecule has 0 fully saturated rings. The highest BCUT2D eigenvalue weighted by Crippen LogP contribution is 2.24. The number of esters is 1. The molecule has 1 aromatic heterocycles. The number of benzene rings is 2. The zero-order valence-corrected chi connectivity index (χ0v) is 22.4. The monoisotopic (exact) mass is 630 g/mol. The number of nitrogens with two attached hydrogens (primary N) is 1. The van der Waals surface area contributed by atoms with Gasteiger partial charge < -0.3 is 30.3 Å². The zero-order valence-electron chi connectivity index (χ0n) is 22.4. The Morgan fingerprint density at radius 1 is 0.864 bits per heavy atom. The number of ether oxygens (including phenoxy) is 2. The van der Waals surface area contributed by atoms with Gasteiger partial charge in [0, 0.05) is 30.2 Å². The van der Waals surface area contributed by atoms with Crippen molar-refractivity contribution < 1.29 is 60.4 Å². The molecule has 1 aliphatic rings. The molecule has 0 spiro atoms. The quantitative estimate of drug-likeness (QED) is 0.0757. The molecule has 0 radical (unpaired) electrons. The van der Waals surface area contributed by atoms with Gasteiger partial charge >= 0.3 is 30.3 Å². The maximum absolute atomic E-state index is 12.2. The first-order valence-electron chi connectivity index (χ1n) is 12.1. The highest BCUT2D eigenvalue weighted by Gasteiger charge is 2.38. The fourth-order valence-corrected chi connectivity index (χ4v) is 3.24. The Bertz CT molecular complexity index is 1480. The van der Waals surface area contributed by atoms with Crippen molar-refractivity contribution >= 4 is 40.3 Å². The Morgan fingerprint density at radius 3 is 1.91 bits per heavy atom. The Morgan fingerprint density at radius 2 is 1.39 bits per heavy atom. The van der Waals surface area contributed by atoms with Crippen LogP contribution in [0.25, 0.3) is 10.8 Å². The number of carbonyl (C=O) groups is 3. The SMILES string of the molecule is N=C(c1ccc(C(=O)OCCOc2ccc3ccnc(N)c3c2)cc1)N1CC=CC1.O=C(O)C(F)(F)F.O=C(O)C(F)(F)F. The van der Waals surface area contributed by atoms with Crippen molar-refractivity contribution in [3.63, 3.8) is 0 Å². The van der Waals surface area contributed by atoms with E-state index < -0.39 is 30.3 Å². The molecule has 5 N–H and O–H groups in total. The number of carboxylic acid groups (broad SMARTS) is 2. The minimum Gasteiger partial charge on any atom is -0.490 e. The van der Waals surface area contributed by atoms with Crippen molar-refractivity contribution in [2.75, 3.05) is 32.0 Å². The Labute approximate surface area is 244 Å². The second kappa shape index (κ2) is 15.2. The van der Waals surface area contributed by atoms with Gasteiger partial charge in [-0.25, -0.2) is 19.4 Å². The zero-order chi connectivity index (χ0) is 33.1. The summed E-state index contributed by atoms with van der Waals surface area (Å²) in [5, 5.41) is 24.3. The molecule has 0 atom stereocenters. The molecule has 236 valence electrons. The van der Waals surface area contributed by atoms with Gasteiger partial charge in [-0.3, -0.25) is 5.41 Å². The summed E-state index contributed by atoms with van der Waals surface area (Å²) in [4.78, 5) is 36.0. The van der Waals surface area contributed by atoms with E-state index in [1.54, 1.807) is 30.5 Å². The minimum absolute atomic E-state index is 0.121. The average Bonchev–Trinajstić information content (AvgIpc) is 3.50. The molecule has 44 heavy (non-hydrogen) atoms. The summed E-state index contributed by atoms with van der Waals surface area (Å²) in [5.41, 5.74) is 7.10. The minimum atomic E-state index is -5.08. The van der Waals surface area contributed by atoms with E-state index >= 15 is 0 Å². The number of pyridine rings is 1. The largest absolute Gasteiger partial charge is 0.490 e. The van der Waals surface area contributed by atoms with Crippen molar-refractivity contribution in [2.45, 2.75) is 12.4 Å². The van der Waals surface area contributed by atoms with Crippen molar-refractivity contribution in [3.8, 4) is 5.75 Å². The van der Waals surface area contributed by atoms with Gasteiger partial charge in [-0.05, 0) is 35.7 Å². The van der Waals surface area contributed by atoms with Gasteiger partial charge in [0.2, 0.25) is 0 Å². The number of amidine groups is 1. The summed E-state index contributed by atoms with van der Waals surface area (Å²) in [7, 11) is 0. The molecule has 0 amide bonds. The molecule has 0 saturated carbocycles. The molecule has 4 rings (SSSR count). The van der Waals surface area contributed by atoms with Gasteiger partial charge in [0.25, 0.3) is 0 Å². The molecular formula is C27H24F6N4O7. The first-order valence-corrected chi connectivity index (χ1v) is 12.1. The van der Waals surface area contributed by atoms with E-state index in [2.05, 4.69) is 4.98 Å². The summed E-state index contributed by atoms with van der Waals surface area (Å²) in [6, 6.07) is 14.3. The lowest BCUT2D eigenvalue weighted by Gasteiger charge is -2.18. The normalized spacial score (nSPS) is 12.4. The standard InChI is InChI=1S/C23H22N4O3.2C2HF3O2/c24-21-20-15-19(8-7-16(20)9-10-26-21)29-13-14-30-23(28)18-5-3-17(4-6-18)22(25)27-11-1-2-12-27;2*3-2(4,5)1(6)7/h1-10,15,25H,11-14H2,(H2,24,26);2*(H,6,7). The lowest BCUT2D eigenvalue weighted by Crippen LogP contribution is -2.28. The number of carboxylic acids is 2. The van der Waals surface area contributed by atoms with Gasteiger partial charge in [-0.15, -0.1) is 0 Å². The Balaban J connectivity index is 0.000000402. The molecule has 0 saturated heterocycles. The first-order chi connectivity index (χ1) is 20.5. The fraction of sp³-hybridized carbons (Fsp3) is 0.222. The summed E-state index contributed by atoms with van der Waals surface area (Å²) >= 11 is 0. The van der Waals surface area contributed by atoms with Crippen LogP contribution in [0.1, 0.15) is 15.9 Å². The molecule has 17 heteroatoms. The van der Waals surface area contributed by atoms with E-state index in [1.807, 2.05) is 41.3 Å². The lowest BCUT2D eigenvalue weighted by atomic mass is 10.1. The van der Waals surface area contributed by atoms with Crippen LogP contribution in [0.4, 0.5) is 32.2 Å². The number of alkyl halides is 6. The van der Waals surface area contributed by atoms with E-state index in [1.165, 1.54) is 0 Å². The number of carbonyl (C=O) groups excluding carboxylic acids is 1. The van der Waals surface area contributed by atoms with Crippen LogP contribution in [0.3, 0.4) is 0 Å². The average molecular weight is 630 g/mol. The molecule has 1 aliphatic heterocycles. The molecule has 0 aliphatic carbocycles. The number of rotatable bonds is 6. The van der Waals surface area contributed by atoms with Gasteiger partial charge in [-0.1, -0.05) is 30.4 Å². The number of nitrogens with zero attached hydrogens (tertiary/aromatic N) is 2. The van der Waals surface area contributed by atoms with E-state index in [-0.39, 0.29) is 13.2 Å². The molecular weight excluding hydrogens is 606 g/mol. The van der Waals surface area contributed by atoms with Crippen molar-refractivity contribution in [2.24, 2.45) is 0 Å². The van der Waals surface area contributed by atoms with Crippen LogP contribution in [0.5, 0.6) is 5.75 Å². The van der Waals surface area contributed by atoms with E-state index in [4.69, 9.17) is 40.4 Å². The second-order valence-corrected chi connectivity index (χ2v) is 8.47. The summed E-state index contributed by atoms with van der Waals surface area (Å²) in [5.74, 6) is -4.41. The number of hydrogen-bond donors (Lipinski definition) is 4. The number of nitrogen functional groups attached to an aromatic ring is 1. The molecule has 0 bridgehead atoms. The lowest BCUT2D eigenvalue weighted by molar-refractivity contribution is -0.193. The highest BCUT2D eigenvalue weighted by molar-refractivity contribution is 5.98. The van der Waals surface area contributed by atoms with Crippen LogP contribution in [0.15, 0.2) is 66.9 Å². The molecule has 2 heterocycles. The van der Waals surface area contributed by atoms with Crippen LogP contribution >= 0.6 is 0 Å². The fourth-order valence-electron chi connectivity index (χ4n) is 3.24. The van der Waals surface area contributed by atoms with Gasteiger partial charge in [0.1, 0.15) is 30.6 Å². The third-order valence-electron chi connectivity index (χ3n) is 5.37. The van der Waals surface area contributed by atoms with Gasteiger partial charge in [-0.2, -0.15) is 26.3 Å². The summed E-state index contributed by atoms with van der Waals surface area (Å²) in [6.07, 6.45) is -4.44. The van der Waals surface area contributed by atoms with Crippen LogP contribution in [-0.4, -0.2) is 82.5 Å². The van der Waals surface area contributed by atoms with Gasteiger partial charge in [0.05, 0.1) is 5.56 Å². The van der Waals surface area contributed by atoms with Crippen LogP contribution in [-0.2, 0) is 14.3 Å². The highest BCUT2D eigenvalue weighted by atomic mass is 19.4. The topological polar surface area (TPSA) is 176 Å². The van der Waals surface area contributed by atoms with E-state index in [9.17, 15) is 31.1 Å². The molecule has 0 unspecified atom stereocenters. The molecule has 2 aromatic carbocycles. The number of fused-ring (bicyclic) bond motifs is 1. The number of aliphatic carboxylic acids is 2. The van der Waals surface area contributed by atoms with Crippen LogP contribution in [0, 0.1) is 5.41 Å². The third kappa shape index (κ3) is 10.8. The van der Waals surface area contributed by atoms with Crippen molar-refractivity contribution in [1.29, 1.82) is 5.41 Å². The number of hydrogen-bond acceptors (Lipinski definition) is 8. The van der Waals surface area contributed by atoms with Gasteiger partial charge in [0.15, 0.2) is 0 Å².